The van der Waals surface area contributed by atoms with Crippen LogP contribution in [0.5, 0.6) is 0 Å². The molecule has 3 unspecified atom stereocenters. The minimum atomic E-state index is -0.626. The van der Waals surface area contributed by atoms with Gasteiger partial charge in [-0.3, -0.25) is 9.59 Å². The first kappa shape index (κ1) is 16.7. The summed E-state index contributed by atoms with van der Waals surface area (Å²) in [6.07, 6.45) is 6.05. The third kappa shape index (κ3) is 3.08. The van der Waals surface area contributed by atoms with Gasteiger partial charge in [0.05, 0.1) is 0 Å². The highest BCUT2D eigenvalue weighted by atomic mass is 32.2. The first-order valence-corrected chi connectivity index (χ1v) is 9.47. The Kier molecular flexibility index (Phi) is 5.23. The van der Waals surface area contributed by atoms with Crippen LogP contribution in [0.3, 0.4) is 0 Å². The molecule has 1 heterocycles. The lowest BCUT2D eigenvalue weighted by Crippen LogP contribution is -2.71. The van der Waals surface area contributed by atoms with Gasteiger partial charge in [0, 0.05) is 6.54 Å². The van der Waals surface area contributed by atoms with Crippen molar-refractivity contribution in [1.82, 2.24) is 10.2 Å². The fourth-order valence-corrected chi connectivity index (χ4v) is 3.67. The maximum absolute atomic E-state index is 12.9. The van der Waals surface area contributed by atoms with E-state index in [1.165, 1.54) is 0 Å². The number of piperazine rings is 1. The van der Waals surface area contributed by atoms with Gasteiger partial charge in [-0.25, -0.2) is 0 Å². The molecule has 1 saturated heterocycles. The number of carbonyl (C=O) groups is 2. The maximum Gasteiger partial charge on any atom is 0.246 e. The van der Waals surface area contributed by atoms with Crippen LogP contribution in [0.15, 0.2) is 0 Å². The first-order chi connectivity index (χ1) is 9.96. The predicted octanol–water partition coefficient (Wildman–Crippen LogP) is 2.28. The Morgan fingerprint density at radius 2 is 2.10 bits per heavy atom. The van der Waals surface area contributed by atoms with Crippen molar-refractivity contribution >= 4 is 23.6 Å². The van der Waals surface area contributed by atoms with Gasteiger partial charge in [0.25, 0.3) is 0 Å². The summed E-state index contributed by atoms with van der Waals surface area (Å²) in [7, 11) is 0. The van der Waals surface area contributed by atoms with Crippen molar-refractivity contribution in [3.05, 3.63) is 0 Å². The van der Waals surface area contributed by atoms with Crippen molar-refractivity contribution < 1.29 is 9.59 Å². The van der Waals surface area contributed by atoms with E-state index >= 15 is 0 Å². The number of nitrogens with one attached hydrogen (secondary N) is 1. The molecule has 21 heavy (non-hydrogen) atoms. The summed E-state index contributed by atoms with van der Waals surface area (Å²) < 4.78 is 0. The highest BCUT2D eigenvalue weighted by molar-refractivity contribution is 7.98. The number of hydrogen-bond acceptors (Lipinski definition) is 3. The van der Waals surface area contributed by atoms with E-state index in [1.54, 1.807) is 11.8 Å². The third-order valence-electron chi connectivity index (χ3n) is 5.15. The quantitative estimate of drug-likeness (QED) is 0.734. The Hall–Kier alpha value is -0.710. The van der Waals surface area contributed by atoms with E-state index in [1.807, 2.05) is 18.7 Å². The van der Waals surface area contributed by atoms with Crippen LogP contribution in [0, 0.1) is 11.8 Å². The van der Waals surface area contributed by atoms with Gasteiger partial charge in [-0.1, -0.05) is 20.3 Å². The predicted molar refractivity (Wildman–Crippen MR) is 87.2 cm³/mol. The highest BCUT2D eigenvalue weighted by Gasteiger charge is 2.57. The number of carbonyl (C=O) groups excluding carboxylic acids is 2. The first-order valence-electron chi connectivity index (χ1n) is 8.08. The fraction of sp³-hybridized carbons (Fsp3) is 0.875. The molecular formula is C16H28N2O2S. The van der Waals surface area contributed by atoms with Crippen molar-refractivity contribution in [1.29, 1.82) is 0 Å². The number of amides is 2. The van der Waals surface area contributed by atoms with E-state index in [2.05, 4.69) is 18.5 Å². The van der Waals surface area contributed by atoms with Crippen LogP contribution in [-0.4, -0.2) is 46.8 Å². The topological polar surface area (TPSA) is 49.4 Å². The lowest BCUT2D eigenvalue weighted by Gasteiger charge is -2.48. The summed E-state index contributed by atoms with van der Waals surface area (Å²) >= 11 is 1.79. The molecule has 1 aliphatic heterocycles. The van der Waals surface area contributed by atoms with E-state index in [9.17, 15) is 9.59 Å². The Balaban J connectivity index is 2.21. The molecule has 0 aromatic rings. The molecule has 2 fully saturated rings. The average Bonchev–Trinajstić information content (AvgIpc) is 3.30. The molecule has 0 radical (unpaired) electrons. The molecule has 1 N–H and O–H groups in total. The molecule has 5 heteroatoms. The molecular weight excluding hydrogens is 284 g/mol. The molecule has 1 saturated carbocycles. The lowest BCUT2D eigenvalue weighted by atomic mass is 9.85. The van der Waals surface area contributed by atoms with Gasteiger partial charge >= 0.3 is 0 Å². The van der Waals surface area contributed by atoms with E-state index in [0.717, 1.165) is 31.4 Å². The normalized spacial score (nSPS) is 31.2. The number of thioether (sulfide) groups is 1. The summed E-state index contributed by atoms with van der Waals surface area (Å²) in [5.41, 5.74) is -0.626. The Morgan fingerprint density at radius 1 is 1.43 bits per heavy atom. The zero-order valence-corrected chi connectivity index (χ0v) is 14.5. The minimum absolute atomic E-state index is 0.0547. The van der Waals surface area contributed by atoms with Crippen LogP contribution in [0.25, 0.3) is 0 Å². The lowest BCUT2D eigenvalue weighted by molar-refractivity contribution is -0.159. The summed E-state index contributed by atoms with van der Waals surface area (Å²) in [5, 5.41) is 3.01. The average molecular weight is 312 g/mol. The monoisotopic (exact) mass is 312 g/mol. The molecule has 0 spiro atoms. The summed E-state index contributed by atoms with van der Waals surface area (Å²) in [5.74, 6) is 1.74. The molecule has 120 valence electrons. The zero-order chi connectivity index (χ0) is 15.6. The molecule has 0 aromatic heterocycles. The van der Waals surface area contributed by atoms with Gasteiger partial charge in [0.1, 0.15) is 11.6 Å². The smallest absolute Gasteiger partial charge is 0.246 e. The van der Waals surface area contributed by atoms with Gasteiger partial charge in [-0.15, -0.1) is 0 Å². The van der Waals surface area contributed by atoms with Crippen LogP contribution < -0.4 is 5.32 Å². The van der Waals surface area contributed by atoms with Crippen molar-refractivity contribution in [2.75, 3.05) is 18.6 Å². The van der Waals surface area contributed by atoms with Gasteiger partial charge in [0.15, 0.2) is 0 Å². The van der Waals surface area contributed by atoms with Crippen LogP contribution in [0.2, 0.25) is 0 Å². The Morgan fingerprint density at radius 3 is 2.62 bits per heavy atom. The van der Waals surface area contributed by atoms with Crippen molar-refractivity contribution in [2.45, 2.75) is 58.0 Å². The second-order valence-corrected chi connectivity index (χ2v) is 7.58. The van der Waals surface area contributed by atoms with Crippen molar-refractivity contribution in [3.8, 4) is 0 Å². The molecule has 2 amide bonds. The largest absolute Gasteiger partial charge is 0.342 e. The molecule has 0 bridgehead atoms. The second-order valence-electron chi connectivity index (χ2n) is 6.59. The highest BCUT2D eigenvalue weighted by Crippen LogP contribution is 2.45. The summed E-state index contributed by atoms with van der Waals surface area (Å²) in [6, 6.07) is -0.344. The van der Waals surface area contributed by atoms with Gasteiger partial charge < -0.3 is 10.2 Å². The van der Waals surface area contributed by atoms with Crippen LogP contribution in [-0.2, 0) is 9.59 Å². The number of nitrogens with zero attached hydrogens (tertiary/aromatic N) is 1. The van der Waals surface area contributed by atoms with Gasteiger partial charge in [-0.2, -0.15) is 11.8 Å². The van der Waals surface area contributed by atoms with Gasteiger partial charge in [0.2, 0.25) is 11.8 Å². The van der Waals surface area contributed by atoms with E-state index in [-0.39, 0.29) is 23.8 Å². The van der Waals surface area contributed by atoms with Crippen molar-refractivity contribution in [3.63, 3.8) is 0 Å². The Labute approximate surface area is 132 Å². The second kappa shape index (κ2) is 6.59. The van der Waals surface area contributed by atoms with Crippen LogP contribution >= 0.6 is 11.8 Å². The maximum atomic E-state index is 12.9. The van der Waals surface area contributed by atoms with Crippen LogP contribution in [0.4, 0.5) is 0 Å². The fourth-order valence-electron chi connectivity index (χ4n) is 3.25. The molecule has 2 rings (SSSR count). The van der Waals surface area contributed by atoms with Crippen molar-refractivity contribution in [2.24, 2.45) is 11.8 Å². The molecule has 0 aromatic carbocycles. The molecule has 2 aliphatic rings. The standard InChI is InChI=1S/C16H28N2O2S/c1-5-11(2)13-14(19)18(9-6-10-21-4)16(3,12-7-8-12)15(20)17-13/h11-13H,5-10H2,1-4H3,(H,17,20). The SMILES string of the molecule is CCC(C)C1NC(=O)C(C)(C2CC2)N(CCCSC)C1=O. The molecule has 4 nitrogen and oxygen atoms in total. The zero-order valence-electron chi connectivity index (χ0n) is 13.6. The summed E-state index contributed by atoms with van der Waals surface area (Å²) in [4.78, 5) is 27.5. The minimum Gasteiger partial charge on any atom is -0.342 e. The molecule has 3 atom stereocenters. The van der Waals surface area contributed by atoms with Crippen LogP contribution in [0.1, 0.15) is 46.5 Å². The third-order valence-corrected chi connectivity index (χ3v) is 5.85. The number of rotatable bonds is 7. The summed E-state index contributed by atoms with van der Waals surface area (Å²) in [6.45, 7) is 6.77. The van der Waals surface area contributed by atoms with E-state index < -0.39 is 5.54 Å². The molecule has 1 aliphatic carbocycles. The van der Waals surface area contributed by atoms with E-state index in [4.69, 9.17) is 0 Å². The number of hydrogen-bond donors (Lipinski definition) is 1. The van der Waals surface area contributed by atoms with Gasteiger partial charge in [-0.05, 0) is 50.0 Å². The Bertz CT molecular complexity index is 411. The van der Waals surface area contributed by atoms with E-state index in [0.29, 0.717) is 12.5 Å².